The number of benzene rings is 1. The minimum absolute atomic E-state index is 0.228. The normalized spacial score (nSPS) is 11.6. The fourth-order valence-electron chi connectivity index (χ4n) is 2.83. The summed E-state index contributed by atoms with van der Waals surface area (Å²) in [5.41, 5.74) is 1.85. The van der Waals surface area contributed by atoms with E-state index in [4.69, 9.17) is 5.11 Å². The summed E-state index contributed by atoms with van der Waals surface area (Å²) < 4.78 is 0. The Labute approximate surface area is 152 Å². The number of aliphatic carboxylic acids is 1. The van der Waals surface area contributed by atoms with E-state index in [1.54, 1.807) is 0 Å². The first-order chi connectivity index (χ1) is 12.1. The number of carboxylic acid groups (broad SMARTS) is 1. The summed E-state index contributed by atoms with van der Waals surface area (Å²) in [4.78, 5) is 10.6. The Morgan fingerprint density at radius 3 is 2.44 bits per heavy atom. The Kier molecular flexibility index (Phi) is 11.5. The molecule has 0 heterocycles. The average Bonchev–Trinajstić information content (AvgIpc) is 2.56. The van der Waals surface area contributed by atoms with Gasteiger partial charge in [-0.05, 0) is 30.5 Å². The number of hydrogen-bond acceptors (Lipinski definition) is 2. The highest BCUT2D eigenvalue weighted by Gasteiger charge is 2.10. The van der Waals surface area contributed by atoms with Crippen molar-refractivity contribution in [2.45, 2.75) is 83.7 Å². The van der Waals surface area contributed by atoms with Crippen LogP contribution in [0.3, 0.4) is 0 Å². The van der Waals surface area contributed by atoms with Gasteiger partial charge in [0.15, 0.2) is 0 Å². The monoisotopic (exact) mass is 344 g/mol. The van der Waals surface area contributed by atoms with Crippen molar-refractivity contribution in [2.24, 2.45) is 0 Å². The van der Waals surface area contributed by atoms with Gasteiger partial charge in [0.25, 0.3) is 0 Å². The Morgan fingerprint density at radius 2 is 1.76 bits per heavy atom. The maximum absolute atomic E-state index is 10.6. The van der Waals surface area contributed by atoms with Crippen LogP contribution in [0.25, 0.3) is 0 Å². The van der Waals surface area contributed by atoms with Gasteiger partial charge in [0.05, 0.1) is 12.5 Å². The van der Waals surface area contributed by atoms with Crippen molar-refractivity contribution in [1.29, 1.82) is 0 Å². The van der Waals surface area contributed by atoms with Crippen LogP contribution in [0.15, 0.2) is 24.3 Å². The molecule has 1 rings (SSSR count). The molecular weight excluding hydrogens is 312 g/mol. The molecule has 1 unspecified atom stereocenters. The predicted octanol–water partition coefficient (Wildman–Crippen LogP) is 4.95. The third-order valence-corrected chi connectivity index (χ3v) is 4.20. The van der Waals surface area contributed by atoms with E-state index < -0.39 is 12.1 Å². The zero-order valence-corrected chi connectivity index (χ0v) is 15.5. The summed E-state index contributed by atoms with van der Waals surface area (Å²) in [5.74, 6) is 5.41. The molecule has 2 N–H and O–H groups in total. The smallest absolute Gasteiger partial charge is 0.305 e. The Balaban J connectivity index is 2.25. The summed E-state index contributed by atoms with van der Waals surface area (Å²) in [6.45, 7) is 2.24. The number of aliphatic hydroxyl groups is 1. The second-order valence-electron chi connectivity index (χ2n) is 6.68. The molecule has 0 amide bonds. The lowest BCUT2D eigenvalue weighted by atomic mass is 10.0. The summed E-state index contributed by atoms with van der Waals surface area (Å²) in [5, 5.41) is 18.4. The van der Waals surface area contributed by atoms with E-state index >= 15 is 0 Å². The van der Waals surface area contributed by atoms with E-state index in [0.717, 1.165) is 24.0 Å². The van der Waals surface area contributed by atoms with Gasteiger partial charge in [-0.25, -0.2) is 0 Å². The Bertz CT molecular complexity index is 554. The van der Waals surface area contributed by atoms with Crippen LogP contribution in [0.4, 0.5) is 0 Å². The maximum Gasteiger partial charge on any atom is 0.305 e. The Hall–Kier alpha value is -1.79. The molecule has 0 radical (unpaired) electrons. The van der Waals surface area contributed by atoms with E-state index in [0.29, 0.717) is 6.42 Å². The number of carboxylic acids is 1. The van der Waals surface area contributed by atoms with Crippen molar-refractivity contribution in [3.8, 4) is 11.8 Å². The molecule has 3 heteroatoms. The predicted molar refractivity (Wildman–Crippen MR) is 103 cm³/mol. The highest BCUT2D eigenvalue weighted by atomic mass is 16.4. The fourth-order valence-corrected chi connectivity index (χ4v) is 2.83. The summed E-state index contributed by atoms with van der Waals surface area (Å²) in [6, 6.07) is 7.69. The molecule has 0 bridgehead atoms. The van der Waals surface area contributed by atoms with Crippen molar-refractivity contribution >= 4 is 5.97 Å². The van der Waals surface area contributed by atoms with Crippen molar-refractivity contribution in [3.63, 3.8) is 0 Å². The zero-order valence-electron chi connectivity index (χ0n) is 15.5. The quantitative estimate of drug-likeness (QED) is 0.417. The summed E-state index contributed by atoms with van der Waals surface area (Å²) >= 11 is 0. The lowest BCUT2D eigenvalue weighted by Crippen LogP contribution is -2.15. The van der Waals surface area contributed by atoms with Crippen LogP contribution in [0.5, 0.6) is 0 Å². The van der Waals surface area contributed by atoms with Crippen LogP contribution >= 0.6 is 0 Å². The standard InChI is InChI=1S/C22H32O3/c1-2-3-4-5-6-7-8-9-10-11-13-19-14-12-15-20(16-19)17-21(23)18-22(24)25/h12,14-16,21,23H,2-10,17-18H2,1H3,(H,24,25). The molecular formula is C22H32O3. The van der Waals surface area contributed by atoms with Gasteiger partial charge in [-0.1, -0.05) is 75.8 Å². The number of rotatable bonds is 12. The van der Waals surface area contributed by atoms with Crippen molar-refractivity contribution in [2.75, 3.05) is 0 Å². The molecule has 25 heavy (non-hydrogen) atoms. The molecule has 0 saturated heterocycles. The molecule has 0 aromatic heterocycles. The SMILES string of the molecule is CCCCCCCCCCC#Cc1cccc(CC(O)CC(=O)O)c1. The van der Waals surface area contributed by atoms with Gasteiger partial charge in [0.2, 0.25) is 0 Å². The largest absolute Gasteiger partial charge is 0.481 e. The number of carbonyl (C=O) groups is 1. The summed E-state index contributed by atoms with van der Waals surface area (Å²) in [7, 11) is 0. The molecule has 0 saturated carbocycles. The minimum Gasteiger partial charge on any atom is -0.481 e. The lowest BCUT2D eigenvalue weighted by Gasteiger charge is -2.07. The van der Waals surface area contributed by atoms with Gasteiger partial charge in [0.1, 0.15) is 0 Å². The highest BCUT2D eigenvalue weighted by Crippen LogP contribution is 2.10. The van der Waals surface area contributed by atoms with Gasteiger partial charge >= 0.3 is 5.97 Å². The van der Waals surface area contributed by atoms with Crippen LogP contribution in [0.2, 0.25) is 0 Å². The average molecular weight is 344 g/mol. The van der Waals surface area contributed by atoms with E-state index in [1.807, 2.05) is 24.3 Å². The van der Waals surface area contributed by atoms with Gasteiger partial charge in [0, 0.05) is 12.0 Å². The van der Waals surface area contributed by atoms with Gasteiger partial charge < -0.3 is 10.2 Å². The number of unbranched alkanes of at least 4 members (excludes halogenated alkanes) is 8. The molecule has 1 aromatic carbocycles. The maximum atomic E-state index is 10.6. The molecule has 0 spiro atoms. The van der Waals surface area contributed by atoms with Crippen molar-refractivity contribution in [3.05, 3.63) is 35.4 Å². The van der Waals surface area contributed by atoms with E-state index in [1.165, 1.54) is 44.9 Å². The van der Waals surface area contributed by atoms with Crippen molar-refractivity contribution < 1.29 is 15.0 Å². The molecule has 3 nitrogen and oxygen atoms in total. The van der Waals surface area contributed by atoms with E-state index in [9.17, 15) is 9.90 Å². The molecule has 0 aliphatic carbocycles. The van der Waals surface area contributed by atoms with Crippen LogP contribution < -0.4 is 0 Å². The molecule has 0 fully saturated rings. The number of aliphatic hydroxyl groups excluding tert-OH is 1. The van der Waals surface area contributed by atoms with Crippen LogP contribution in [0.1, 0.15) is 82.3 Å². The first-order valence-electron chi connectivity index (χ1n) is 9.59. The first-order valence-corrected chi connectivity index (χ1v) is 9.59. The van der Waals surface area contributed by atoms with Crippen LogP contribution in [0, 0.1) is 11.8 Å². The highest BCUT2D eigenvalue weighted by molar-refractivity contribution is 5.67. The molecule has 1 aromatic rings. The topological polar surface area (TPSA) is 57.5 Å². The second-order valence-corrected chi connectivity index (χ2v) is 6.68. The van der Waals surface area contributed by atoms with Crippen molar-refractivity contribution in [1.82, 2.24) is 0 Å². The fraction of sp³-hybridized carbons (Fsp3) is 0.591. The van der Waals surface area contributed by atoms with Gasteiger partial charge in [-0.3, -0.25) is 4.79 Å². The Morgan fingerprint density at radius 1 is 1.08 bits per heavy atom. The third-order valence-electron chi connectivity index (χ3n) is 4.20. The zero-order chi connectivity index (χ0) is 18.3. The first kappa shape index (κ1) is 21.3. The molecule has 138 valence electrons. The third kappa shape index (κ3) is 11.4. The molecule has 1 atom stereocenters. The molecule has 0 aliphatic rings. The number of hydrogen-bond donors (Lipinski definition) is 2. The molecule has 0 aliphatic heterocycles. The van der Waals surface area contributed by atoms with Gasteiger partial charge in [-0.2, -0.15) is 0 Å². The van der Waals surface area contributed by atoms with Crippen LogP contribution in [-0.2, 0) is 11.2 Å². The van der Waals surface area contributed by atoms with Gasteiger partial charge in [-0.15, -0.1) is 0 Å². The van der Waals surface area contributed by atoms with E-state index in [-0.39, 0.29) is 6.42 Å². The second kappa shape index (κ2) is 13.5. The van der Waals surface area contributed by atoms with Crippen LogP contribution in [-0.4, -0.2) is 22.3 Å². The summed E-state index contributed by atoms with van der Waals surface area (Å²) in [6.07, 6.45) is 10.6. The lowest BCUT2D eigenvalue weighted by molar-refractivity contribution is -0.139. The van der Waals surface area contributed by atoms with E-state index in [2.05, 4.69) is 18.8 Å². The minimum atomic E-state index is -0.978.